The average Bonchev–Trinajstić information content (AvgIpc) is 2.90. The Bertz CT molecular complexity index is 407. The highest BCUT2D eigenvalue weighted by Crippen LogP contribution is 2.14. The highest BCUT2D eigenvalue weighted by molar-refractivity contribution is 7.10. The molecule has 2 aromatic rings. The molecule has 0 atom stereocenters. The Morgan fingerprint density at radius 3 is 3.12 bits per heavy atom. The molecule has 2 aromatic heterocycles. The molecular formula is C11H16N4S. The van der Waals surface area contributed by atoms with Crippen LogP contribution in [0.4, 0.5) is 0 Å². The molecule has 0 aliphatic carbocycles. The summed E-state index contributed by atoms with van der Waals surface area (Å²) in [5, 5.41) is 13.3. The third-order valence-electron chi connectivity index (χ3n) is 2.47. The van der Waals surface area contributed by atoms with Crippen molar-refractivity contribution in [1.29, 1.82) is 0 Å². The summed E-state index contributed by atoms with van der Waals surface area (Å²) in [6.07, 6.45) is 4.68. The largest absolute Gasteiger partial charge is 0.312 e. The summed E-state index contributed by atoms with van der Waals surface area (Å²) in [5.74, 6) is 0. The lowest BCUT2D eigenvalue weighted by molar-refractivity contribution is 0.531. The molecule has 0 radical (unpaired) electrons. The third kappa shape index (κ3) is 3.15. The van der Waals surface area contributed by atoms with Gasteiger partial charge in [-0.1, -0.05) is 5.21 Å². The predicted octanol–water partition coefficient (Wildman–Crippen LogP) is 1.83. The standard InChI is InChI=1S/C11H16N4S/c1-10-3-8-16-11(10)9-12-4-2-6-15-7-5-13-14-15/h3,5,7-8,12H,2,4,6,9H2,1H3. The van der Waals surface area contributed by atoms with Crippen molar-refractivity contribution in [2.45, 2.75) is 26.4 Å². The molecule has 1 N–H and O–H groups in total. The molecule has 0 aromatic carbocycles. The first kappa shape index (κ1) is 11.3. The molecular weight excluding hydrogens is 220 g/mol. The van der Waals surface area contributed by atoms with Crippen LogP contribution in [0.25, 0.3) is 0 Å². The van der Waals surface area contributed by atoms with Crippen LogP contribution < -0.4 is 5.32 Å². The van der Waals surface area contributed by atoms with Gasteiger partial charge in [-0.25, -0.2) is 0 Å². The van der Waals surface area contributed by atoms with Gasteiger partial charge in [0.05, 0.1) is 6.20 Å². The Balaban J connectivity index is 1.61. The SMILES string of the molecule is Cc1ccsc1CNCCCn1ccnn1. The van der Waals surface area contributed by atoms with Crippen molar-refractivity contribution in [1.82, 2.24) is 20.3 Å². The molecule has 2 heterocycles. The van der Waals surface area contributed by atoms with Crippen molar-refractivity contribution in [3.63, 3.8) is 0 Å². The van der Waals surface area contributed by atoms with E-state index < -0.39 is 0 Å². The molecule has 0 bridgehead atoms. The van der Waals surface area contributed by atoms with Gasteiger partial charge < -0.3 is 5.32 Å². The highest BCUT2D eigenvalue weighted by atomic mass is 32.1. The van der Waals surface area contributed by atoms with Crippen LogP contribution >= 0.6 is 11.3 Å². The van der Waals surface area contributed by atoms with Crippen LogP contribution in [-0.2, 0) is 13.1 Å². The summed E-state index contributed by atoms with van der Waals surface area (Å²) < 4.78 is 1.86. The van der Waals surface area contributed by atoms with Gasteiger partial charge in [-0.05, 0) is 36.9 Å². The van der Waals surface area contributed by atoms with Crippen molar-refractivity contribution in [2.24, 2.45) is 0 Å². The number of aryl methyl sites for hydroxylation is 2. The Labute approximate surface area is 99.3 Å². The van der Waals surface area contributed by atoms with Crippen LogP contribution in [0.1, 0.15) is 16.9 Å². The van der Waals surface area contributed by atoms with Crippen molar-refractivity contribution in [3.8, 4) is 0 Å². The van der Waals surface area contributed by atoms with E-state index in [0.29, 0.717) is 0 Å². The molecule has 4 nitrogen and oxygen atoms in total. The predicted molar refractivity (Wildman–Crippen MR) is 65.4 cm³/mol. The summed E-state index contributed by atoms with van der Waals surface area (Å²) in [4.78, 5) is 1.43. The molecule has 0 amide bonds. The van der Waals surface area contributed by atoms with Crippen LogP contribution in [0, 0.1) is 6.92 Å². The van der Waals surface area contributed by atoms with Crippen LogP contribution in [0.3, 0.4) is 0 Å². The molecule has 0 saturated heterocycles. The number of thiophene rings is 1. The molecule has 0 spiro atoms. The Morgan fingerprint density at radius 1 is 1.50 bits per heavy atom. The second-order valence-corrected chi connectivity index (χ2v) is 4.72. The van der Waals surface area contributed by atoms with E-state index in [9.17, 15) is 0 Å². The fourth-order valence-corrected chi connectivity index (χ4v) is 2.38. The first-order valence-electron chi connectivity index (χ1n) is 5.44. The van der Waals surface area contributed by atoms with Gasteiger partial charge in [0, 0.05) is 24.2 Å². The summed E-state index contributed by atoms with van der Waals surface area (Å²) in [7, 11) is 0. The van der Waals surface area contributed by atoms with Crippen molar-refractivity contribution >= 4 is 11.3 Å². The lowest BCUT2D eigenvalue weighted by Crippen LogP contribution is -2.16. The fraction of sp³-hybridized carbons (Fsp3) is 0.455. The highest BCUT2D eigenvalue weighted by Gasteiger charge is 1.98. The number of hydrogen-bond acceptors (Lipinski definition) is 4. The molecule has 0 fully saturated rings. The molecule has 5 heteroatoms. The second kappa shape index (κ2) is 5.77. The number of nitrogens with zero attached hydrogens (tertiary/aromatic N) is 3. The van der Waals surface area contributed by atoms with E-state index in [2.05, 4.69) is 34.0 Å². The van der Waals surface area contributed by atoms with Crippen LogP contribution in [-0.4, -0.2) is 21.5 Å². The molecule has 0 saturated carbocycles. The maximum atomic E-state index is 3.92. The van der Waals surface area contributed by atoms with Gasteiger partial charge in [0.1, 0.15) is 0 Å². The molecule has 86 valence electrons. The van der Waals surface area contributed by atoms with Gasteiger partial charge in [-0.15, -0.1) is 16.4 Å². The van der Waals surface area contributed by atoms with Gasteiger partial charge in [-0.2, -0.15) is 0 Å². The molecule has 0 aliphatic heterocycles. The minimum Gasteiger partial charge on any atom is -0.312 e. The maximum absolute atomic E-state index is 3.92. The van der Waals surface area contributed by atoms with E-state index in [1.54, 1.807) is 6.20 Å². The molecule has 16 heavy (non-hydrogen) atoms. The number of hydrogen-bond donors (Lipinski definition) is 1. The lowest BCUT2D eigenvalue weighted by atomic mass is 10.3. The van der Waals surface area contributed by atoms with Crippen LogP contribution in [0.5, 0.6) is 0 Å². The number of nitrogens with one attached hydrogen (secondary N) is 1. The number of rotatable bonds is 6. The van der Waals surface area contributed by atoms with Crippen molar-refractivity contribution in [2.75, 3.05) is 6.54 Å². The number of aromatic nitrogens is 3. The smallest absolute Gasteiger partial charge is 0.0692 e. The summed E-state index contributed by atoms with van der Waals surface area (Å²) in [5.41, 5.74) is 1.38. The first-order valence-corrected chi connectivity index (χ1v) is 6.32. The average molecular weight is 236 g/mol. The maximum Gasteiger partial charge on any atom is 0.0692 e. The van der Waals surface area contributed by atoms with E-state index in [-0.39, 0.29) is 0 Å². The fourth-order valence-electron chi connectivity index (χ4n) is 1.51. The van der Waals surface area contributed by atoms with Crippen molar-refractivity contribution < 1.29 is 0 Å². The lowest BCUT2D eigenvalue weighted by Gasteiger charge is -2.04. The Hall–Kier alpha value is -1.20. The van der Waals surface area contributed by atoms with Gasteiger partial charge >= 0.3 is 0 Å². The normalized spacial score (nSPS) is 10.8. The minimum absolute atomic E-state index is 0.927. The Kier molecular flexibility index (Phi) is 4.07. The van der Waals surface area contributed by atoms with Gasteiger partial charge in [0.15, 0.2) is 0 Å². The topological polar surface area (TPSA) is 42.7 Å². The summed E-state index contributed by atoms with van der Waals surface area (Å²) in [6, 6.07) is 2.16. The monoisotopic (exact) mass is 236 g/mol. The van der Waals surface area contributed by atoms with E-state index in [0.717, 1.165) is 26.1 Å². The van der Waals surface area contributed by atoms with E-state index >= 15 is 0 Å². The second-order valence-electron chi connectivity index (χ2n) is 3.72. The van der Waals surface area contributed by atoms with Crippen LogP contribution in [0.2, 0.25) is 0 Å². The third-order valence-corrected chi connectivity index (χ3v) is 3.49. The molecule has 0 aliphatic rings. The first-order chi connectivity index (χ1) is 7.86. The zero-order valence-corrected chi connectivity index (χ0v) is 10.2. The van der Waals surface area contributed by atoms with E-state index in [4.69, 9.17) is 0 Å². The molecule has 2 rings (SSSR count). The summed E-state index contributed by atoms with van der Waals surface area (Å²) in [6.45, 7) is 5.07. The quantitative estimate of drug-likeness (QED) is 0.778. The minimum atomic E-state index is 0.927. The zero-order chi connectivity index (χ0) is 11.2. The zero-order valence-electron chi connectivity index (χ0n) is 9.39. The molecule has 0 unspecified atom stereocenters. The van der Waals surface area contributed by atoms with E-state index in [1.807, 2.05) is 22.2 Å². The van der Waals surface area contributed by atoms with Gasteiger partial charge in [0.25, 0.3) is 0 Å². The van der Waals surface area contributed by atoms with Crippen molar-refractivity contribution in [3.05, 3.63) is 34.3 Å². The van der Waals surface area contributed by atoms with Crippen LogP contribution in [0.15, 0.2) is 23.8 Å². The van der Waals surface area contributed by atoms with Gasteiger partial charge in [-0.3, -0.25) is 4.68 Å². The summed E-state index contributed by atoms with van der Waals surface area (Å²) >= 11 is 1.82. The Morgan fingerprint density at radius 2 is 2.44 bits per heavy atom. The van der Waals surface area contributed by atoms with Gasteiger partial charge in [0.2, 0.25) is 0 Å². The van der Waals surface area contributed by atoms with E-state index in [1.165, 1.54) is 10.4 Å².